The Morgan fingerprint density at radius 3 is 2.83 bits per heavy atom. The second kappa shape index (κ2) is 5.03. The van der Waals surface area contributed by atoms with Crippen molar-refractivity contribution in [2.24, 2.45) is 0 Å². The van der Waals surface area contributed by atoms with Crippen molar-refractivity contribution >= 4 is 49.5 Å². The van der Waals surface area contributed by atoms with E-state index in [1.807, 2.05) is 25.1 Å². The second-order valence-electron chi connectivity index (χ2n) is 5.04. The zero-order chi connectivity index (χ0) is 16.0. The van der Waals surface area contributed by atoms with Gasteiger partial charge in [-0.05, 0) is 30.7 Å². The summed E-state index contributed by atoms with van der Waals surface area (Å²) in [7, 11) is 0. The van der Waals surface area contributed by atoms with Crippen molar-refractivity contribution in [3.63, 3.8) is 0 Å². The van der Waals surface area contributed by atoms with Gasteiger partial charge in [-0.3, -0.25) is 15.4 Å². The van der Waals surface area contributed by atoms with Crippen LogP contribution in [-0.4, -0.2) is 14.9 Å². The van der Waals surface area contributed by atoms with E-state index in [2.05, 4.69) is 15.3 Å². The Morgan fingerprint density at radius 2 is 2.00 bits per heavy atom. The SMILES string of the molecule is Cc1ccc2nc(Nc3nc4ccc([N+](=O)[O-])cc4s3)oc2c1. The minimum atomic E-state index is -0.421. The minimum Gasteiger partial charge on any atom is -0.423 e. The minimum absolute atomic E-state index is 0.0463. The summed E-state index contributed by atoms with van der Waals surface area (Å²) in [6.07, 6.45) is 0. The van der Waals surface area contributed by atoms with Crippen molar-refractivity contribution in [1.82, 2.24) is 9.97 Å². The third-order valence-electron chi connectivity index (χ3n) is 3.34. The quantitative estimate of drug-likeness (QED) is 0.443. The van der Waals surface area contributed by atoms with Crippen LogP contribution >= 0.6 is 11.3 Å². The molecule has 2 aromatic heterocycles. The van der Waals surface area contributed by atoms with E-state index in [0.717, 1.165) is 15.8 Å². The van der Waals surface area contributed by atoms with E-state index < -0.39 is 4.92 Å². The monoisotopic (exact) mass is 326 g/mol. The summed E-state index contributed by atoms with van der Waals surface area (Å²) in [5.41, 5.74) is 3.28. The number of aromatic nitrogens is 2. The molecule has 0 atom stereocenters. The van der Waals surface area contributed by atoms with Gasteiger partial charge in [-0.1, -0.05) is 17.4 Å². The van der Waals surface area contributed by atoms with E-state index in [4.69, 9.17) is 4.42 Å². The lowest BCUT2D eigenvalue weighted by molar-refractivity contribution is -0.384. The van der Waals surface area contributed by atoms with Crippen molar-refractivity contribution < 1.29 is 9.34 Å². The van der Waals surface area contributed by atoms with E-state index in [1.165, 1.54) is 23.5 Å². The van der Waals surface area contributed by atoms with Crippen LogP contribution in [0.5, 0.6) is 0 Å². The molecule has 7 nitrogen and oxygen atoms in total. The van der Waals surface area contributed by atoms with Crippen LogP contribution in [0.1, 0.15) is 5.56 Å². The van der Waals surface area contributed by atoms with Crippen molar-refractivity contribution in [3.05, 3.63) is 52.1 Å². The Morgan fingerprint density at radius 1 is 1.17 bits per heavy atom. The normalized spacial score (nSPS) is 11.2. The first kappa shape index (κ1) is 13.6. The highest BCUT2D eigenvalue weighted by Gasteiger charge is 2.12. The van der Waals surface area contributed by atoms with Gasteiger partial charge in [0.15, 0.2) is 10.7 Å². The van der Waals surface area contributed by atoms with Gasteiger partial charge in [-0.2, -0.15) is 4.98 Å². The van der Waals surface area contributed by atoms with Gasteiger partial charge in [0.2, 0.25) is 0 Å². The third-order valence-corrected chi connectivity index (χ3v) is 4.27. The summed E-state index contributed by atoms with van der Waals surface area (Å²) >= 11 is 1.31. The van der Waals surface area contributed by atoms with Gasteiger partial charge in [0.1, 0.15) is 5.52 Å². The second-order valence-corrected chi connectivity index (χ2v) is 6.07. The standard InChI is InChI=1S/C15H10N4O3S/c1-8-2-4-10-12(6-8)22-14(16-10)18-15-17-11-5-3-9(19(20)21)7-13(11)23-15/h2-7H,1H3,(H,16,17,18). The topological polar surface area (TPSA) is 94.1 Å². The maximum absolute atomic E-state index is 10.8. The summed E-state index contributed by atoms with van der Waals surface area (Å²) < 4.78 is 6.38. The molecule has 0 aliphatic rings. The highest BCUT2D eigenvalue weighted by molar-refractivity contribution is 7.22. The van der Waals surface area contributed by atoms with Gasteiger partial charge in [0, 0.05) is 12.1 Å². The van der Waals surface area contributed by atoms with E-state index in [0.29, 0.717) is 22.2 Å². The molecule has 0 saturated heterocycles. The Hall–Kier alpha value is -3.00. The van der Waals surface area contributed by atoms with Crippen LogP contribution in [0.2, 0.25) is 0 Å². The zero-order valence-corrected chi connectivity index (χ0v) is 12.8. The van der Waals surface area contributed by atoms with Gasteiger partial charge in [-0.25, -0.2) is 4.98 Å². The van der Waals surface area contributed by atoms with E-state index in [1.54, 1.807) is 6.07 Å². The van der Waals surface area contributed by atoms with Crippen LogP contribution in [0.15, 0.2) is 40.8 Å². The van der Waals surface area contributed by atoms with E-state index in [-0.39, 0.29) is 5.69 Å². The molecule has 0 saturated carbocycles. The molecule has 8 heteroatoms. The molecule has 0 bridgehead atoms. The highest BCUT2D eigenvalue weighted by Crippen LogP contribution is 2.31. The predicted molar refractivity (Wildman–Crippen MR) is 88.3 cm³/mol. The first-order chi connectivity index (χ1) is 11.1. The van der Waals surface area contributed by atoms with Crippen molar-refractivity contribution in [2.75, 3.05) is 5.32 Å². The number of nitrogens with one attached hydrogen (secondary N) is 1. The van der Waals surface area contributed by atoms with Gasteiger partial charge >= 0.3 is 6.01 Å². The van der Waals surface area contributed by atoms with Gasteiger partial charge < -0.3 is 4.42 Å². The molecule has 114 valence electrons. The van der Waals surface area contributed by atoms with Crippen molar-refractivity contribution in [3.8, 4) is 0 Å². The highest BCUT2D eigenvalue weighted by atomic mass is 32.1. The van der Waals surface area contributed by atoms with E-state index in [9.17, 15) is 10.1 Å². The number of non-ortho nitro benzene ring substituents is 1. The summed E-state index contributed by atoms with van der Waals surface area (Å²) in [6.45, 7) is 1.98. The number of thiazole rings is 1. The summed E-state index contributed by atoms with van der Waals surface area (Å²) in [5.74, 6) is 0. The lowest BCUT2D eigenvalue weighted by atomic mass is 10.2. The Balaban J connectivity index is 1.69. The van der Waals surface area contributed by atoms with Gasteiger partial charge in [0.25, 0.3) is 5.69 Å². The smallest absolute Gasteiger partial charge is 0.302 e. The lowest BCUT2D eigenvalue weighted by Gasteiger charge is -1.92. The Bertz CT molecular complexity index is 1050. The molecule has 1 N–H and O–H groups in total. The summed E-state index contributed by atoms with van der Waals surface area (Å²) in [4.78, 5) is 19.1. The number of aryl methyl sites for hydroxylation is 1. The molecular formula is C15H10N4O3S. The number of anilines is 2. The fraction of sp³-hybridized carbons (Fsp3) is 0.0667. The first-order valence-electron chi connectivity index (χ1n) is 6.78. The molecular weight excluding hydrogens is 316 g/mol. The molecule has 0 aliphatic heterocycles. The number of nitro benzene ring substituents is 1. The zero-order valence-electron chi connectivity index (χ0n) is 11.9. The van der Waals surface area contributed by atoms with Crippen LogP contribution < -0.4 is 5.32 Å². The fourth-order valence-corrected chi connectivity index (χ4v) is 3.15. The molecule has 0 radical (unpaired) electrons. The molecule has 2 aromatic carbocycles. The largest absolute Gasteiger partial charge is 0.423 e. The molecule has 23 heavy (non-hydrogen) atoms. The number of nitro groups is 1. The Kier molecular flexibility index (Phi) is 2.98. The maximum atomic E-state index is 10.8. The molecule has 0 aliphatic carbocycles. The van der Waals surface area contributed by atoms with Gasteiger partial charge in [0.05, 0.1) is 15.1 Å². The molecule has 0 fully saturated rings. The molecule has 0 amide bonds. The number of rotatable bonds is 3. The van der Waals surface area contributed by atoms with Crippen LogP contribution in [0.4, 0.5) is 16.8 Å². The molecule has 0 spiro atoms. The van der Waals surface area contributed by atoms with Crippen molar-refractivity contribution in [1.29, 1.82) is 0 Å². The number of hydrogen-bond acceptors (Lipinski definition) is 7. The third kappa shape index (κ3) is 2.49. The average molecular weight is 326 g/mol. The van der Waals surface area contributed by atoms with Crippen LogP contribution in [-0.2, 0) is 0 Å². The first-order valence-corrected chi connectivity index (χ1v) is 7.59. The number of hydrogen-bond donors (Lipinski definition) is 1. The summed E-state index contributed by atoms with van der Waals surface area (Å²) in [6, 6.07) is 10.7. The average Bonchev–Trinajstić information content (AvgIpc) is 3.08. The molecule has 2 heterocycles. The van der Waals surface area contributed by atoms with Crippen LogP contribution in [0, 0.1) is 17.0 Å². The number of nitrogens with zero attached hydrogens (tertiary/aromatic N) is 3. The van der Waals surface area contributed by atoms with Gasteiger partial charge in [-0.15, -0.1) is 0 Å². The summed E-state index contributed by atoms with van der Waals surface area (Å²) in [5, 5.41) is 14.4. The van der Waals surface area contributed by atoms with Crippen LogP contribution in [0.25, 0.3) is 21.3 Å². The Labute approximate surface area is 133 Å². The number of fused-ring (bicyclic) bond motifs is 2. The number of oxazole rings is 1. The predicted octanol–water partition coefficient (Wildman–Crippen LogP) is 4.40. The van der Waals surface area contributed by atoms with Crippen molar-refractivity contribution in [2.45, 2.75) is 6.92 Å². The molecule has 0 unspecified atom stereocenters. The van der Waals surface area contributed by atoms with Crippen LogP contribution in [0.3, 0.4) is 0 Å². The maximum Gasteiger partial charge on any atom is 0.302 e. The molecule has 4 aromatic rings. The fourth-order valence-electron chi connectivity index (χ4n) is 2.26. The lowest BCUT2D eigenvalue weighted by Crippen LogP contribution is -1.88. The molecule has 4 rings (SSSR count). The number of benzene rings is 2. The van der Waals surface area contributed by atoms with E-state index >= 15 is 0 Å².